The van der Waals surface area contributed by atoms with Gasteiger partial charge in [-0.3, -0.25) is 9.59 Å². The van der Waals surface area contributed by atoms with Gasteiger partial charge >= 0.3 is 0 Å². The summed E-state index contributed by atoms with van der Waals surface area (Å²) in [6.07, 6.45) is 1.73. The second-order valence-corrected chi connectivity index (χ2v) is 11.4. The minimum atomic E-state index is -0.787. The summed E-state index contributed by atoms with van der Waals surface area (Å²) >= 11 is 0. The topological polar surface area (TPSA) is 119 Å². The lowest BCUT2D eigenvalue weighted by Crippen LogP contribution is -2.24. The number of nitrogens with two attached hydrogens (primary N) is 1. The van der Waals surface area contributed by atoms with Gasteiger partial charge in [-0.25, -0.2) is 9.97 Å². The van der Waals surface area contributed by atoms with Gasteiger partial charge in [0.1, 0.15) is 11.6 Å². The first kappa shape index (κ1) is 29.3. The number of rotatable bonds is 8. The molecule has 218 valence electrons. The largest absolute Gasteiger partial charge is 0.492 e. The summed E-state index contributed by atoms with van der Waals surface area (Å²) in [5.74, 6) is 0.171. The van der Waals surface area contributed by atoms with Crippen LogP contribution in [0.15, 0.2) is 91.1 Å². The predicted octanol–water partition coefficient (Wildman–Crippen LogP) is 7.23. The number of carbonyl (C=O) groups is 2. The van der Waals surface area contributed by atoms with Gasteiger partial charge < -0.3 is 21.1 Å². The first-order valence-electron chi connectivity index (χ1n) is 14.1. The van der Waals surface area contributed by atoms with Gasteiger partial charge in [-0.2, -0.15) is 0 Å². The van der Waals surface area contributed by atoms with Crippen molar-refractivity contribution in [2.45, 2.75) is 39.0 Å². The molecule has 1 amide bonds. The van der Waals surface area contributed by atoms with Gasteiger partial charge in [0.05, 0.1) is 18.5 Å². The molecule has 0 bridgehead atoms. The van der Waals surface area contributed by atoms with Gasteiger partial charge in [0.15, 0.2) is 5.75 Å². The fraction of sp³-hybridized carbons (Fsp3) is 0.200. The van der Waals surface area contributed by atoms with Crippen molar-refractivity contribution in [3.05, 3.63) is 114 Å². The molecule has 5 rings (SSSR count). The van der Waals surface area contributed by atoms with Crippen LogP contribution in [-0.2, 0) is 10.2 Å². The van der Waals surface area contributed by atoms with E-state index in [-0.39, 0.29) is 16.9 Å². The van der Waals surface area contributed by atoms with E-state index in [0.29, 0.717) is 34.2 Å². The Kier molecular flexibility index (Phi) is 8.12. The van der Waals surface area contributed by atoms with Gasteiger partial charge in [0, 0.05) is 28.8 Å². The molecule has 0 saturated carbocycles. The third kappa shape index (κ3) is 6.18. The van der Waals surface area contributed by atoms with E-state index >= 15 is 0 Å². The molecule has 0 spiro atoms. The molecule has 0 fully saturated rings. The molecular formula is C35H35N5O3. The van der Waals surface area contributed by atoms with E-state index in [9.17, 15) is 9.59 Å². The Labute approximate surface area is 251 Å². The predicted molar refractivity (Wildman–Crippen MR) is 172 cm³/mol. The van der Waals surface area contributed by atoms with Crippen LogP contribution in [0.3, 0.4) is 0 Å². The van der Waals surface area contributed by atoms with E-state index in [1.165, 1.54) is 7.11 Å². The molecule has 0 aliphatic carbocycles. The number of ketones is 1. The van der Waals surface area contributed by atoms with E-state index in [2.05, 4.69) is 34.7 Å². The van der Waals surface area contributed by atoms with Gasteiger partial charge in [-0.15, -0.1) is 0 Å². The van der Waals surface area contributed by atoms with Crippen molar-refractivity contribution in [1.29, 1.82) is 0 Å². The number of nitrogens with zero attached hydrogens (tertiary/aromatic N) is 2. The zero-order valence-corrected chi connectivity index (χ0v) is 24.9. The summed E-state index contributed by atoms with van der Waals surface area (Å²) in [7, 11) is 1.47. The Bertz CT molecular complexity index is 1810. The van der Waals surface area contributed by atoms with Gasteiger partial charge in [0.2, 0.25) is 0 Å². The van der Waals surface area contributed by atoms with Crippen molar-refractivity contribution in [2.24, 2.45) is 0 Å². The highest BCUT2D eigenvalue weighted by Gasteiger charge is 2.24. The molecule has 8 nitrogen and oxygen atoms in total. The molecule has 1 aromatic heterocycles. The fourth-order valence-corrected chi connectivity index (χ4v) is 4.99. The molecule has 0 unspecified atom stereocenters. The number of aromatic nitrogens is 2. The van der Waals surface area contributed by atoms with Crippen LogP contribution in [0.4, 0.5) is 22.9 Å². The summed E-state index contributed by atoms with van der Waals surface area (Å²) in [5, 5.41) is 7.52. The van der Waals surface area contributed by atoms with Crippen LogP contribution in [-0.4, -0.2) is 28.8 Å². The van der Waals surface area contributed by atoms with Crippen LogP contribution < -0.4 is 21.1 Å². The molecule has 0 saturated heterocycles. The van der Waals surface area contributed by atoms with E-state index in [1.807, 2.05) is 69.3 Å². The lowest BCUT2D eigenvalue weighted by Gasteiger charge is -2.22. The highest BCUT2D eigenvalue weighted by molar-refractivity contribution is 6.48. The smallest absolute Gasteiger partial charge is 0.296 e. The van der Waals surface area contributed by atoms with Gasteiger partial charge in [-0.05, 0) is 52.3 Å². The van der Waals surface area contributed by atoms with Gasteiger partial charge in [0.25, 0.3) is 11.7 Å². The van der Waals surface area contributed by atoms with Gasteiger partial charge in [-0.1, -0.05) is 82.3 Å². The Balaban J connectivity index is 1.43. The lowest BCUT2D eigenvalue weighted by atomic mass is 9.86. The lowest BCUT2D eigenvalue weighted by molar-refractivity contribution is -0.112. The van der Waals surface area contributed by atoms with Crippen molar-refractivity contribution < 1.29 is 14.3 Å². The maximum absolute atomic E-state index is 13.5. The Morgan fingerprint density at radius 2 is 1.58 bits per heavy atom. The third-order valence-corrected chi connectivity index (χ3v) is 7.43. The molecule has 1 heterocycles. The third-order valence-electron chi connectivity index (χ3n) is 7.43. The number of hydrogen-bond acceptors (Lipinski definition) is 7. The normalized spacial score (nSPS) is 12.0. The zero-order valence-electron chi connectivity index (χ0n) is 24.9. The highest BCUT2D eigenvalue weighted by atomic mass is 16.5. The van der Waals surface area contributed by atoms with E-state index < -0.39 is 11.7 Å². The SMILES string of the molecule is COc1c(N)cc(C(C)(C)C)cc1NC(=O)C(=O)c1ccc(Nc2ccnc([C@@H](C)c3ccccc3)n2)c2ccccc12. The summed E-state index contributed by atoms with van der Waals surface area (Å²) in [5.41, 5.74) is 9.77. The van der Waals surface area contributed by atoms with E-state index in [4.69, 9.17) is 15.5 Å². The molecule has 0 aliphatic heterocycles. The maximum atomic E-state index is 13.5. The molecule has 0 aliphatic rings. The van der Waals surface area contributed by atoms with Crippen LogP contribution in [0.5, 0.6) is 5.75 Å². The number of methoxy groups -OCH3 is 1. The number of anilines is 4. The number of nitrogens with one attached hydrogen (secondary N) is 2. The van der Waals surface area contributed by atoms with Crippen LogP contribution in [0.2, 0.25) is 0 Å². The van der Waals surface area contributed by atoms with E-state index in [0.717, 1.165) is 22.2 Å². The van der Waals surface area contributed by atoms with E-state index in [1.54, 1.807) is 30.5 Å². The number of fused-ring (bicyclic) bond motifs is 1. The zero-order chi connectivity index (χ0) is 30.7. The minimum absolute atomic E-state index is 0.0104. The molecule has 43 heavy (non-hydrogen) atoms. The highest BCUT2D eigenvalue weighted by Crippen LogP contribution is 2.37. The number of nitrogen functional groups attached to an aromatic ring is 1. The van der Waals surface area contributed by atoms with Crippen molar-refractivity contribution in [3.63, 3.8) is 0 Å². The molecule has 4 aromatic carbocycles. The van der Waals surface area contributed by atoms with Crippen LogP contribution >= 0.6 is 0 Å². The summed E-state index contributed by atoms with van der Waals surface area (Å²) in [4.78, 5) is 36.1. The van der Waals surface area contributed by atoms with Crippen molar-refractivity contribution in [1.82, 2.24) is 9.97 Å². The number of hydrogen-bond donors (Lipinski definition) is 3. The first-order valence-corrected chi connectivity index (χ1v) is 14.1. The fourth-order valence-electron chi connectivity index (χ4n) is 4.99. The number of ether oxygens (including phenoxy) is 1. The molecule has 1 atom stereocenters. The first-order chi connectivity index (χ1) is 20.6. The Morgan fingerprint density at radius 1 is 0.884 bits per heavy atom. The molecule has 4 N–H and O–H groups in total. The average Bonchev–Trinajstić information content (AvgIpc) is 3.00. The van der Waals surface area contributed by atoms with Crippen LogP contribution in [0.1, 0.15) is 60.9 Å². The maximum Gasteiger partial charge on any atom is 0.296 e. The summed E-state index contributed by atoms with van der Waals surface area (Å²) in [6, 6.07) is 26.4. The Hall–Kier alpha value is -5.24. The minimum Gasteiger partial charge on any atom is -0.492 e. The van der Waals surface area contributed by atoms with Crippen molar-refractivity contribution in [3.8, 4) is 5.75 Å². The van der Waals surface area contributed by atoms with Crippen molar-refractivity contribution in [2.75, 3.05) is 23.5 Å². The second kappa shape index (κ2) is 11.9. The summed E-state index contributed by atoms with van der Waals surface area (Å²) < 4.78 is 5.45. The van der Waals surface area contributed by atoms with Crippen LogP contribution in [0, 0.1) is 0 Å². The monoisotopic (exact) mass is 573 g/mol. The standard InChI is InChI=1S/C35H35N5O3/c1-21(22-11-7-6-8-12-22)33-37-18-17-30(40-33)38-28-16-15-26(24-13-9-10-14-25(24)28)31(41)34(42)39-29-20-23(35(2,3)4)19-27(36)32(29)43-5/h6-21H,36H2,1-5H3,(H,39,42)(H,37,38,40)/t21-/m0/s1. The molecule has 0 radical (unpaired) electrons. The average molecular weight is 574 g/mol. The molecule has 5 aromatic rings. The number of benzene rings is 4. The number of amides is 1. The second-order valence-electron chi connectivity index (χ2n) is 11.4. The molecule has 8 heteroatoms. The number of Topliss-reactive ketones (excluding diaryl/α,β-unsaturated/α-hetero) is 1. The quantitative estimate of drug-likeness (QED) is 0.102. The summed E-state index contributed by atoms with van der Waals surface area (Å²) in [6.45, 7) is 8.19. The van der Waals surface area contributed by atoms with Crippen LogP contribution in [0.25, 0.3) is 10.8 Å². The molecular weight excluding hydrogens is 538 g/mol. The Morgan fingerprint density at radius 3 is 2.28 bits per heavy atom. The number of carbonyl (C=O) groups excluding carboxylic acids is 2. The van der Waals surface area contributed by atoms with Crippen molar-refractivity contribution >= 4 is 45.3 Å².